The van der Waals surface area contributed by atoms with Gasteiger partial charge in [-0.05, 0) is 0 Å². The number of urea groups is 1. The molecule has 0 unspecified atom stereocenters. The number of hydrogen-bond donors (Lipinski definition) is 1. The summed E-state index contributed by atoms with van der Waals surface area (Å²) >= 11 is 0. The van der Waals surface area contributed by atoms with E-state index in [0.717, 1.165) is 0 Å². The van der Waals surface area contributed by atoms with Crippen molar-refractivity contribution in [3.63, 3.8) is 0 Å². The molecule has 0 aromatic carbocycles. The highest BCUT2D eigenvalue weighted by molar-refractivity contribution is 6.21. The van der Waals surface area contributed by atoms with Crippen LogP contribution in [0.3, 0.4) is 0 Å². The maximum Gasteiger partial charge on any atom is 0.368 e. The van der Waals surface area contributed by atoms with Crippen molar-refractivity contribution >= 4 is 18.1 Å². The average Bonchev–Trinajstić information content (AvgIpc) is 1.80. The first-order valence-corrected chi connectivity index (χ1v) is 2.31. The van der Waals surface area contributed by atoms with E-state index in [-0.39, 0.29) is 5.84 Å². The summed E-state index contributed by atoms with van der Waals surface area (Å²) in [5, 5.41) is 0. The molecule has 1 aliphatic heterocycles. The summed E-state index contributed by atoms with van der Waals surface area (Å²) in [6.07, 6.45) is 1.30. The van der Waals surface area contributed by atoms with E-state index in [1.54, 1.807) is 0 Å². The van der Waals surface area contributed by atoms with Gasteiger partial charge in [0.05, 0.1) is 0 Å². The summed E-state index contributed by atoms with van der Waals surface area (Å²) in [7, 11) is 0. The second-order valence-corrected chi connectivity index (χ2v) is 1.56. The zero-order valence-corrected chi connectivity index (χ0v) is 4.66. The topological polar surface area (TPSA) is 67.8 Å². The van der Waals surface area contributed by atoms with Gasteiger partial charge in [-0.3, -0.25) is 0 Å². The van der Waals surface area contributed by atoms with E-state index in [2.05, 4.69) is 16.6 Å². The molecule has 0 radical (unpaired) electrons. The maximum absolute atomic E-state index is 10.3. The first-order chi connectivity index (χ1) is 4.20. The smallest absolute Gasteiger partial charge is 0.368 e. The predicted octanol–water partition coefficient (Wildman–Crippen LogP) is 0.104. The Morgan fingerprint density at radius 3 is 2.78 bits per heavy atom. The molecule has 4 heteroatoms. The molecule has 0 fully saturated rings. The molecule has 0 saturated carbocycles. The first-order valence-electron chi connectivity index (χ1n) is 2.31. The van der Waals surface area contributed by atoms with E-state index >= 15 is 0 Å². The lowest BCUT2D eigenvalue weighted by molar-refractivity contribution is 0.257. The third-order valence-corrected chi connectivity index (χ3v) is 0.876. The number of nitrogens with two attached hydrogens (primary N) is 1. The van der Waals surface area contributed by atoms with Crippen molar-refractivity contribution in [2.24, 2.45) is 15.7 Å². The van der Waals surface area contributed by atoms with E-state index < -0.39 is 6.03 Å². The highest BCUT2D eigenvalue weighted by Crippen LogP contribution is 1.95. The number of hydrogen-bond acceptors (Lipinski definition) is 2. The molecule has 2 N–H and O–H groups in total. The number of amides is 2. The number of aliphatic imine (C=N–C) groups is 2. The molecule has 0 atom stereocenters. The second-order valence-electron chi connectivity index (χ2n) is 1.56. The van der Waals surface area contributed by atoms with Crippen LogP contribution in [0.15, 0.2) is 22.1 Å². The Morgan fingerprint density at radius 2 is 2.33 bits per heavy atom. The molecule has 1 aliphatic rings. The summed E-state index contributed by atoms with van der Waals surface area (Å²) in [4.78, 5) is 17.0. The minimum Gasteiger partial charge on any atom is -0.383 e. The van der Waals surface area contributed by atoms with Gasteiger partial charge in [0.25, 0.3) is 0 Å². The Labute approximate surface area is 51.8 Å². The van der Waals surface area contributed by atoms with Gasteiger partial charge in [-0.25, -0.2) is 4.79 Å². The van der Waals surface area contributed by atoms with Crippen molar-refractivity contribution in [3.05, 3.63) is 12.2 Å². The molecule has 0 saturated heterocycles. The Kier molecular flexibility index (Phi) is 1.14. The number of carbonyl (C=O) groups is 1. The Bertz CT molecular complexity index is 226. The van der Waals surface area contributed by atoms with Crippen molar-refractivity contribution in [1.82, 2.24) is 0 Å². The van der Waals surface area contributed by atoms with Gasteiger partial charge in [-0.1, -0.05) is 6.58 Å². The van der Waals surface area contributed by atoms with Gasteiger partial charge >= 0.3 is 6.03 Å². The number of nitrogens with zero attached hydrogens (tertiary/aromatic N) is 2. The van der Waals surface area contributed by atoms with E-state index in [0.29, 0.717) is 5.57 Å². The monoisotopic (exact) mass is 123 g/mol. The first kappa shape index (κ1) is 5.68. The number of carbonyl (C=O) groups excluding carboxylic acids is 1. The van der Waals surface area contributed by atoms with Gasteiger partial charge < -0.3 is 5.73 Å². The molecule has 0 spiro atoms. The number of rotatable bonds is 0. The minimum atomic E-state index is -0.570. The third-order valence-electron chi connectivity index (χ3n) is 0.876. The van der Waals surface area contributed by atoms with Crippen LogP contribution in [0, 0.1) is 0 Å². The lowest BCUT2D eigenvalue weighted by atomic mass is 10.3. The summed E-state index contributed by atoms with van der Waals surface area (Å²) < 4.78 is 0. The van der Waals surface area contributed by atoms with E-state index in [4.69, 9.17) is 5.73 Å². The molecule has 4 nitrogen and oxygen atoms in total. The summed E-state index contributed by atoms with van der Waals surface area (Å²) in [6.45, 7) is 3.47. The Morgan fingerprint density at radius 1 is 1.67 bits per heavy atom. The Balaban J connectivity index is 2.95. The van der Waals surface area contributed by atoms with Crippen LogP contribution in [0.2, 0.25) is 0 Å². The van der Waals surface area contributed by atoms with Crippen molar-refractivity contribution in [3.8, 4) is 0 Å². The molecular formula is C5H5N3O. The van der Waals surface area contributed by atoms with Gasteiger partial charge in [0.15, 0.2) is 0 Å². The molecular weight excluding hydrogens is 118 g/mol. The molecule has 0 aromatic heterocycles. The van der Waals surface area contributed by atoms with E-state index in [1.807, 2.05) is 0 Å². The van der Waals surface area contributed by atoms with Crippen molar-refractivity contribution < 1.29 is 4.79 Å². The SMILES string of the molecule is C=C1C=NC(=O)N=C1N. The van der Waals surface area contributed by atoms with Crippen molar-refractivity contribution in [2.45, 2.75) is 0 Å². The molecule has 0 aromatic rings. The summed E-state index contributed by atoms with van der Waals surface area (Å²) in [6, 6.07) is -0.570. The predicted molar refractivity (Wildman–Crippen MR) is 34.7 cm³/mol. The standard InChI is InChI=1S/C5H5N3O/c1-3-2-7-5(9)8-4(3)6/h2H,1H2,(H2,6,8,9). The van der Waals surface area contributed by atoms with Crippen LogP contribution in [0.4, 0.5) is 4.79 Å². The highest BCUT2D eigenvalue weighted by Gasteiger charge is 2.05. The van der Waals surface area contributed by atoms with E-state index in [9.17, 15) is 4.79 Å². The van der Waals surface area contributed by atoms with Crippen LogP contribution in [-0.2, 0) is 0 Å². The van der Waals surface area contributed by atoms with Gasteiger partial charge in [0.2, 0.25) is 0 Å². The minimum absolute atomic E-state index is 0.148. The second kappa shape index (κ2) is 1.81. The molecule has 9 heavy (non-hydrogen) atoms. The van der Waals surface area contributed by atoms with Crippen LogP contribution in [0.5, 0.6) is 0 Å². The summed E-state index contributed by atoms with van der Waals surface area (Å²) in [5.41, 5.74) is 5.69. The van der Waals surface area contributed by atoms with Crippen LogP contribution in [0.25, 0.3) is 0 Å². The van der Waals surface area contributed by atoms with E-state index in [1.165, 1.54) is 6.21 Å². The van der Waals surface area contributed by atoms with Crippen LogP contribution in [-0.4, -0.2) is 18.1 Å². The van der Waals surface area contributed by atoms with Gasteiger partial charge in [0, 0.05) is 11.8 Å². The largest absolute Gasteiger partial charge is 0.383 e. The highest BCUT2D eigenvalue weighted by atomic mass is 16.2. The van der Waals surface area contributed by atoms with Crippen LogP contribution < -0.4 is 5.73 Å². The maximum atomic E-state index is 10.3. The molecule has 0 bridgehead atoms. The third kappa shape index (κ3) is 1.02. The molecule has 1 rings (SSSR count). The van der Waals surface area contributed by atoms with Crippen LogP contribution >= 0.6 is 0 Å². The van der Waals surface area contributed by atoms with Gasteiger partial charge in [0.1, 0.15) is 5.84 Å². The fraction of sp³-hybridized carbons (Fsp3) is 0. The zero-order chi connectivity index (χ0) is 6.85. The average molecular weight is 123 g/mol. The van der Waals surface area contributed by atoms with Crippen LogP contribution in [0.1, 0.15) is 0 Å². The molecule has 0 aliphatic carbocycles. The fourth-order valence-corrected chi connectivity index (χ4v) is 0.403. The lowest BCUT2D eigenvalue weighted by Gasteiger charge is -1.99. The number of amidine groups is 1. The van der Waals surface area contributed by atoms with Crippen molar-refractivity contribution in [2.75, 3.05) is 0 Å². The quantitative estimate of drug-likeness (QED) is 0.496. The Hall–Kier alpha value is -1.45. The lowest BCUT2D eigenvalue weighted by Crippen LogP contribution is -2.19. The molecule has 46 valence electrons. The zero-order valence-electron chi connectivity index (χ0n) is 4.66. The molecule has 1 heterocycles. The van der Waals surface area contributed by atoms with Gasteiger partial charge in [-0.15, -0.1) is 0 Å². The normalized spacial score (nSPS) is 18.0. The molecule has 2 amide bonds. The van der Waals surface area contributed by atoms with Crippen molar-refractivity contribution in [1.29, 1.82) is 0 Å². The summed E-state index contributed by atoms with van der Waals surface area (Å²) in [5.74, 6) is 0.148. The fourth-order valence-electron chi connectivity index (χ4n) is 0.403. The van der Waals surface area contributed by atoms with Gasteiger partial charge in [-0.2, -0.15) is 9.98 Å².